The Bertz CT molecular complexity index is 1050. The van der Waals surface area contributed by atoms with Gasteiger partial charge in [0, 0.05) is 12.1 Å². The lowest BCUT2D eigenvalue weighted by Crippen LogP contribution is -3.00. The lowest BCUT2D eigenvalue weighted by molar-refractivity contribution is -0.509. The molecule has 0 amide bonds. The van der Waals surface area contributed by atoms with Gasteiger partial charge in [0.1, 0.15) is 5.75 Å². The smallest absolute Gasteiger partial charge is 0.219 e. The maximum atomic E-state index is 10.3. The summed E-state index contributed by atoms with van der Waals surface area (Å²) in [6, 6.07) is 12.9. The first-order valence-electron chi connectivity index (χ1n) is 6.94. The summed E-state index contributed by atoms with van der Waals surface area (Å²) in [6.45, 7) is 0. The van der Waals surface area contributed by atoms with E-state index in [2.05, 4.69) is 0 Å². The number of nitrogens with zero attached hydrogens (tertiary/aromatic N) is 1. The van der Waals surface area contributed by atoms with Crippen LogP contribution >= 0.6 is 0 Å². The Balaban J connectivity index is 0.00000156. The highest BCUT2D eigenvalue weighted by Gasteiger charge is 2.14. The number of phenolic OH excluding ortho intramolecular Hbond substituents is 2. The van der Waals surface area contributed by atoms with Gasteiger partial charge in [0.25, 0.3) is 0 Å². The van der Waals surface area contributed by atoms with E-state index in [1.54, 1.807) is 18.2 Å². The Labute approximate surface area is 143 Å². The molecule has 0 atom stereocenters. The third-order valence-corrected chi connectivity index (χ3v) is 4.00. The van der Waals surface area contributed by atoms with E-state index in [-0.39, 0.29) is 28.5 Å². The predicted molar refractivity (Wildman–Crippen MR) is 84.5 cm³/mol. The molecule has 0 aliphatic heterocycles. The number of aromatic nitrogens is 1. The summed E-state index contributed by atoms with van der Waals surface area (Å²) in [6.07, 6.45) is 3.80. The average molecular weight is 372 g/mol. The van der Waals surface area contributed by atoms with E-state index in [0.29, 0.717) is 5.75 Å². The fourth-order valence-electron chi connectivity index (χ4n) is 2.87. The molecule has 0 unspecified atom stereocenters. The van der Waals surface area contributed by atoms with Crippen molar-refractivity contribution in [3.8, 4) is 17.2 Å². The third kappa shape index (κ3) is 2.33. The fraction of sp³-hybridized carbons (Fsp3) is 0.0556. The van der Waals surface area contributed by atoms with Crippen molar-refractivity contribution in [2.24, 2.45) is 0 Å². The van der Waals surface area contributed by atoms with Gasteiger partial charge in [-0.15, -0.1) is 0 Å². The number of methoxy groups -OCH3 is 1. The van der Waals surface area contributed by atoms with Crippen LogP contribution in [0.3, 0.4) is 0 Å². The number of benzene rings is 2. The maximum absolute atomic E-state index is 10.3. The van der Waals surface area contributed by atoms with Gasteiger partial charge < -0.3 is 31.9 Å². The molecular weight excluding hydrogens is 358 g/mol. The van der Waals surface area contributed by atoms with Crippen LogP contribution in [-0.4, -0.2) is 17.3 Å². The van der Waals surface area contributed by atoms with Gasteiger partial charge >= 0.3 is 0 Å². The molecule has 0 spiro atoms. The van der Waals surface area contributed by atoms with Crippen molar-refractivity contribution in [3.63, 3.8) is 0 Å². The number of hydrogen-bond donors (Lipinski definition) is 2. The normalized spacial score (nSPS) is 10.8. The summed E-state index contributed by atoms with van der Waals surface area (Å²) in [5, 5.41) is 23.7. The summed E-state index contributed by atoms with van der Waals surface area (Å²) in [7, 11) is 1.53. The minimum Gasteiger partial charge on any atom is -1.00 e. The van der Waals surface area contributed by atoms with Crippen LogP contribution in [0, 0.1) is 0 Å². The van der Waals surface area contributed by atoms with E-state index in [4.69, 9.17) is 4.74 Å². The minimum absolute atomic E-state index is 0. The SMILES string of the molecule is COc1ccc2cc3c4cc(O)ccc4cc[n+]3cc2c1O.[Br-]. The molecular formula is C18H14BrNO3. The Morgan fingerprint density at radius 3 is 2.48 bits per heavy atom. The summed E-state index contributed by atoms with van der Waals surface area (Å²) in [4.78, 5) is 0. The van der Waals surface area contributed by atoms with Crippen LogP contribution in [0.4, 0.5) is 0 Å². The number of fused-ring (bicyclic) bond motifs is 4. The molecule has 23 heavy (non-hydrogen) atoms. The lowest BCUT2D eigenvalue weighted by atomic mass is 10.1. The topological polar surface area (TPSA) is 53.8 Å². The van der Waals surface area contributed by atoms with Gasteiger partial charge in [0.15, 0.2) is 23.9 Å². The highest BCUT2D eigenvalue weighted by molar-refractivity contribution is 5.99. The molecule has 4 nitrogen and oxygen atoms in total. The van der Waals surface area contributed by atoms with Crippen molar-refractivity contribution < 1.29 is 36.3 Å². The second-order valence-electron chi connectivity index (χ2n) is 5.27. The first kappa shape index (κ1) is 15.4. The molecule has 0 aliphatic carbocycles. The second-order valence-corrected chi connectivity index (χ2v) is 5.27. The van der Waals surface area contributed by atoms with Crippen molar-refractivity contribution >= 4 is 27.1 Å². The first-order valence-corrected chi connectivity index (χ1v) is 6.94. The molecule has 0 radical (unpaired) electrons. The standard InChI is InChI=1S/C18H13NO3.BrH/c1-22-17-5-3-12-8-16-14-9-13(20)4-2-11(14)6-7-19(16)10-15(12)18(17)21;/h2-10,20H,1H3;1H. The van der Waals surface area contributed by atoms with Crippen molar-refractivity contribution in [1.29, 1.82) is 0 Å². The van der Waals surface area contributed by atoms with E-state index < -0.39 is 0 Å². The summed E-state index contributed by atoms with van der Waals surface area (Å²) >= 11 is 0. The Morgan fingerprint density at radius 2 is 1.70 bits per heavy atom. The molecule has 5 heteroatoms. The summed E-state index contributed by atoms with van der Waals surface area (Å²) < 4.78 is 7.09. The van der Waals surface area contributed by atoms with E-state index in [1.807, 2.05) is 41.1 Å². The number of pyridine rings is 2. The van der Waals surface area contributed by atoms with Crippen molar-refractivity contribution in [1.82, 2.24) is 0 Å². The molecule has 2 N–H and O–H groups in total. The molecule has 0 saturated heterocycles. The van der Waals surface area contributed by atoms with Crippen LogP contribution in [0.15, 0.2) is 54.9 Å². The van der Waals surface area contributed by atoms with E-state index in [0.717, 1.165) is 27.1 Å². The molecule has 0 aliphatic rings. The van der Waals surface area contributed by atoms with Crippen LogP contribution in [0.5, 0.6) is 17.2 Å². The Hall–Kier alpha value is -2.53. The lowest BCUT2D eigenvalue weighted by Gasteiger charge is -2.06. The van der Waals surface area contributed by atoms with Crippen LogP contribution in [0.1, 0.15) is 0 Å². The zero-order chi connectivity index (χ0) is 15.3. The number of phenols is 2. The third-order valence-electron chi connectivity index (χ3n) is 4.00. The number of rotatable bonds is 1. The minimum atomic E-state index is 0. The van der Waals surface area contributed by atoms with Crippen molar-refractivity contribution in [3.05, 3.63) is 54.9 Å². The Kier molecular flexibility index (Phi) is 3.74. The van der Waals surface area contributed by atoms with Gasteiger partial charge in [-0.3, -0.25) is 0 Å². The van der Waals surface area contributed by atoms with Crippen molar-refractivity contribution in [2.45, 2.75) is 0 Å². The monoisotopic (exact) mass is 371 g/mol. The second kappa shape index (κ2) is 5.59. The molecule has 4 rings (SSSR count). The highest BCUT2D eigenvalue weighted by Crippen LogP contribution is 2.34. The predicted octanol–water partition coefficient (Wildman–Crippen LogP) is 0.156. The number of hydrogen-bond acceptors (Lipinski definition) is 3. The molecule has 0 fully saturated rings. The summed E-state index contributed by atoms with van der Waals surface area (Å²) in [5.74, 6) is 0.814. The first-order chi connectivity index (χ1) is 10.7. The number of ether oxygens (including phenoxy) is 1. The molecule has 116 valence electrons. The van der Waals surface area contributed by atoms with Gasteiger partial charge in [0.2, 0.25) is 5.52 Å². The number of aromatic hydroxyl groups is 2. The van der Waals surface area contributed by atoms with Gasteiger partial charge in [-0.25, -0.2) is 0 Å². The zero-order valence-electron chi connectivity index (χ0n) is 12.3. The zero-order valence-corrected chi connectivity index (χ0v) is 13.9. The van der Waals surface area contributed by atoms with Gasteiger partial charge in [-0.2, -0.15) is 4.40 Å². The van der Waals surface area contributed by atoms with Crippen LogP contribution < -0.4 is 26.1 Å². The van der Waals surface area contributed by atoms with Gasteiger partial charge in [-0.1, -0.05) is 6.07 Å². The molecule has 2 heterocycles. The molecule has 4 aromatic rings. The Morgan fingerprint density at radius 1 is 0.913 bits per heavy atom. The van der Waals surface area contributed by atoms with Crippen LogP contribution in [-0.2, 0) is 0 Å². The van der Waals surface area contributed by atoms with Gasteiger partial charge in [-0.05, 0) is 35.0 Å². The molecule has 0 bridgehead atoms. The fourth-order valence-corrected chi connectivity index (χ4v) is 2.87. The van der Waals surface area contributed by atoms with E-state index in [9.17, 15) is 10.2 Å². The molecule has 0 saturated carbocycles. The van der Waals surface area contributed by atoms with Gasteiger partial charge in [0.05, 0.1) is 17.9 Å². The summed E-state index contributed by atoms with van der Waals surface area (Å²) in [5.41, 5.74) is 0.963. The average Bonchev–Trinajstić information content (AvgIpc) is 2.54. The maximum Gasteiger partial charge on any atom is 0.219 e. The highest BCUT2D eigenvalue weighted by atomic mass is 79.9. The quantitative estimate of drug-likeness (QED) is 0.284. The van der Waals surface area contributed by atoms with Crippen LogP contribution in [0.25, 0.3) is 27.1 Å². The number of halogens is 1. The molecule has 2 aromatic carbocycles. The van der Waals surface area contributed by atoms with E-state index >= 15 is 0 Å². The largest absolute Gasteiger partial charge is 1.00 e. The molecule has 2 aromatic heterocycles. The van der Waals surface area contributed by atoms with Crippen molar-refractivity contribution in [2.75, 3.05) is 7.11 Å². The van der Waals surface area contributed by atoms with Crippen LogP contribution in [0.2, 0.25) is 0 Å². The van der Waals surface area contributed by atoms with E-state index in [1.165, 1.54) is 7.11 Å².